The lowest BCUT2D eigenvalue weighted by atomic mass is 10.2. The van der Waals surface area contributed by atoms with Crippen LogP contribution in [0.2, 0.25) is 0 Å². The van der Waals surface area contributed by atoms with Crippen molar-refractivity contribution in [3.8, 4) is 5.75 Å². The number of hydrogen-bond donors (Lipinski definition) is 2. The Balaban J connectivity index is 2.89. The fourth-order valence-corrected chi connectivity index (χ4v) is 1.27. The number of hydrogen-bond acceptors (Lipinski definition) is 3. The molecule has 0 radical (unpaired) electrons. The van der Waals surface area contributed by atoms with Gasteiger partial charge in [0.15, 0.2) is 23.5 Å². The van der Waals surface area contributed by atoms with E-state index in [0.29, 0.717) is 6.42 Å². The summed E-state index contributed by atoms with van der Waals surface area (Å²) in [6.07, 6.45) is -0.134. The zero-order valence-corrected chi connectivity index (χ0v) is 9.27. The molecule has 0 aliphatic heterocycles. The minimum absolute atomic E-state index is 0.0663. The summed E-state index contributed by atoms with van der Waals surface area (Å²) in [5, 5.41) is 11.4. The van der Waals surface area contributed by atoms with Crippen molar-refractivity contribution >= 4 is 5.84 Å². The van der Waals surface area contributed by atoms with E-state index in [1.807, 2.05) is 6.92 Å². The van der Waals surface area contributed by atoms with Crippen LogP contribution >= 0.6 is 0 Å². The van der Waals surface area contributed by atoms with Gasteiger partial charge in [-0.25, -0.2) is 4.39 Å². The Hall–Kier alpha value is -1.78. The molecule has 1 atom stereocenters. The van der Waals surface area contributed by atoms with Gasteiger partial charge in [0.25, 0.3) is 0 Å². The number of ether oxygens (including phenoxy) is 1. The van der Waals surface area contributed by atoms with Gasteiger partial charge in [0.05, 0.1) is 0 Å². The first-order valence-electron chi connectivity index (χ1n) is 4.98. The van der Waals surface area contributed by atoms with Crippen molar-refractivity contribution in [2.24, 2.45) is 10.9 Å². The first-order valence-corrected chi connectivity index (χ1v) is 4.98. The molecule has 0 saturated heterocycles. The van der Waals surface area contributed by atoms with Gasteiger partial charge in [0.2, 0.25) is 0 Å². The second-order valence-corrected chi connectivity index (χ2v) is 3.47. The molecule has 1 rings (SSSR count). The molecule has 1 unspecified atom stereocenters. The van der Waals surface area contributed by atoms with Crippen LogP contribution in [-0.4, -0.2) is 17.1 Å². The Morgan fingerprint density at radius 3 is 2.88 bits per heavy atom. The summed E-state index contributed by atoms with van der Waals surface area (Å²) < 4.78 is 18.7. The molecule has 0 amide bonds. The van der Waals surface area contributed by atoms with Gasteiger partial charge in [-0.3, -0.25) is 0 Å². The van der Waals surface area contributed by atoms with E-state index in [0.717, 1.165) is 5.56 Å². The van der Waals surface area contributed by atoms with E-state index in [-0.39, 0.29) is 11.6 Å². The maximum atomic E-state index is 13.4. The van der Waals surface area contributed by atoms with E-state index in [2.05, 4.69) is 5.16 Å². The molecule has 0 aliphatic carbocycles. The van der Waals surface area contributed by atoms with Crippen molar-refractivity contribution < 1.29 is 14.3 Å². The molecule has 4 nitrogen and oxygen atoms in total. The molecule has 0 spiro atoms. The van der Waals surface area contributed by atoms with Crippen molar-refractivity contribution in [1.82, 2.24) is 0 Å². The Labute approximate surface area is 93.5 Å². The average Bonchev–Trinajstić information content (AvgIpc) is 2.29. The SMILES string of the molecule is CCC(Oc1cc(C)ccc1F)C(N)=NO. The number of aryl methyl sites for hydroxylation is 1. The summed E-state index contributed by atoms with van der Waals surface area (Å²) in [5.41, 5.74) is 6.30. The fourth-order valence-electron chi connectivity index (χ4n) is 1.27. The van der Waals surface area contributed by atoms with Gasteiger partial charge in [-0.1, -0.05) is 18.1 Å². The number of nitrogens with two attached hydrogens (primary N) is 1. The maximum Gasteiger partial charge on any atom is 0.180 e. The first-order chi connectivity index (χ1) is 7.58. The Morgan fingerprint density at radius 1 is 1.62 bits per heavy atom. The minimum Gasteiger partial charge on any atom is -0.479 e. The zero-order valence-electron chi connectivity index (χ0n) is 9.27. The van der Waals surface area contributed by atoms with Gasteiger partial charge in [0.1, 0.15) is 0 Å². The highest BCUT2D eigenvalue weighted by Gasteiger charge is 2.15. The second-order valence-electron chi connectivity index (χ2n) is 3.47. The summed E-state index contributed by atoms with van der Waals surface area (Å²) in [6, 6.07) is 4.54. The molecule has 0 aliphatic rings. The number of nitrogens with zero attached hydrogens (tertiary/aromatic N) is 1. The molecule has 1 aromatic carbocycles. The van der Waals surface area contributed by atoms with Gasteiger partial charge < -0.3 is 15.7 Å². The molecule has 0 aromatic heterocycles. The van der Waals surface area contributed by atoms with E-state index >= 15 is 0 Å². The monoisotopic (exact) mass is 226 g/mol. The molecule has 3 N–H and O–H groups in total. The summed E-state index contributed by atoms with van der Waals surface area (Å²) in [6.45, 7) is 3.63. The van der Waals surface area contributed by atoms with Crippen molar-refractivity contribution in [2.75, 3.05) is 0 Å². The minimum atomic E-state index is -0.624. The van der Waals surface area contributed by atoms with Gasteiger partial charge in [-0.05, 0) is 31.0 Å². The highest BCUT2D eigenvalue weighted by Crippen LogP contribution is 2.20. The topological polar surface area (TPSA) is 67.8 Å². The quantitative estimate of drug-likeness (QED) is 0.357. The van der Waals surface area contributed by atoms with Crippen molar-refractivity contribution in [1.29, 1.82) is 0 Å². The first kappa shape index (κ1) is 12.3. The third-order valence-corrected chi connectivity index (χ3v) is 2.17. The van der Waals surface area contributed by atoms with Crippen LogP contribution < -0.4 is 10.5 Å². The van der Waals surface area contributed by atoms with Crippen molar-refractivity contribution in [3.63, 3.8) is 0 Å². The average molecular weight is 226 g/mol. The number of benzene rings is 1. The molecule has 5 heteroatoms. The maximum absolute atomic E-state index is 13.4. The normalized spacial score (nSPS) is 13.6. The second kappa shape index (κ2) is 5.34. The van der Waals surface area contributed by atoms with Crippen molar-refractivity contribution in [3.05, 3.63) is 29.6 Å². The molecule has 88 valence electrons. The molecule has 1 aromatic rings. The van der Waals surface area contributed by atoms with E-state index in [1.165, 1.54) is 6.07 Å². The molecule has 0 saturated carbocycles. The number of amidine groups is 1. The van der Waals surface area contributed by atoms with E-state index < -0.39 is 11.9 Å². The Kier molecular flexibility index (Phi) is 4.10. The fraction of sp³-hybridized carbons (Fsp3) is 0.364. The third kappa shape index (κ3) is 2.85. The largest absolute Gasteiger partial charge is 0.479 e. The standard InChI is InChI=1S/C11H15FN2O2/c1-3-9(11(13)14-15)16-10-6-7(2)4-5-8(10)12/h4-6,9,15H,3H2,1-2H3,(H2,13,14). The predicted molar refractivity (Wildman–Crippen MR) is 59.3 cm³/mol. The van der Waals surface area contributed by atoms with Crippen LogP contribution in [0.4, 0.5) is 4.39 Å². The summed E-state index contributed by atoms with van der Waals surface area (Å²) >= 11 is 0. The summed E-state index contributed by atoms with van der Waals surface area (Å²) in [7, 11) is 0. The molecule has 16 heavy (non-hydrogen) atoms. The van der Waals surface area contributed by atoms with Gasteiger partial charge >= 0.3 is 0 Å². The van der Waals surface area contributed by atoms with Gasteiger partial charge in [-0.15, -0.1) is 0 Å². The zero-order chi connectivity index (χ0) is 12.1. The molecular weight excluding hydrogens is 211 g/mol. The van der Waals surface area contributed by atoms with Gasteiger partial charge in [0, 0.05) is 0 Å². The number of halogens is 1. The third-order valence-electron chi connectivity index (χ3n) is 2.17. The van der Waals surface area contributed by atoms with Crippen LogP contribution in [0.25, 0.3) is 0 Å². The van der Waals surface area contributed by atoms with E-state index in [4.69, 9.17) is 15.7 Å². The summed E-state index contributed by atoms with van der Waals surface area (Å²) in [4.78, 5) is 0. The molecule has 0 bridgehead atoms. The number of oxime groups is 1. The smallest absolute Gasteiger partial charge is 0.180 e. The van der Waals surface area contributed by atoms with Crippen LogP contribution in [0, 0.1) is 12.7 Å². The number of rotatable bonds is 4. The molecule has 0 fully saturated rings. The van der Waals surface area contributed by atoms with Crippen LogP contribution in [0.15, 0.2) is 23.4 Å². The highest BCUT2D eigenvalue weighted by molar-refractivity contribution is 5.84. The lowest BCUT2D eigenvalue weighted by Gasteiger charge is -2.16. The Morgan fingerprint density at radius 2 is 2.31 bits per heavy atom. The van der Waals surface area contributed by atoms with Crippen LogP contribution in [0.1, 0.15) is 18.9 Å². The van der Waals surface area contributed by atoms with Crippen LogP contribution in [0.3, 0.4) is 0 Å². The van der Waals surface area contributed by atoms with Gasteiger partial charge in [-0.2, -0.15) is 0 Å². The van der Waals surface area contributed by atoms with Crippen molar-refractivity contribution in [2.45, 2.75) is 26.4 Å². The lowest BCUT2D eigenvalue weighted by molar-refractivity contribution is 0.237. The highest BCUT2D eigenvalue weighted by atomic mass is 19.1. The summed E-state index contributed by atoms with van der Waals surface area (Å²) in [5.74, 6) is -0.420. The predicted octanol–water partition coefficient (Wildman–Crippen LogP) is 2.04. The van der Waals surface area contributed by atoms with Crippen LogP contribution in [-0.2, 0) is 0 Å². The van der Waals surface area contributed by atoms with E-state index in [1.54, 1.807) is 19.1 Å². The molecular formula is C11H15FN2O2. The van der Waals surface area contributed by atoms with Crippen LogP contribution in [0.5, 0.6) is 5.75 Å². The van der Waals surface area contributed by atoms with E-state index in [9.17, 15) is 4.39 Å². The molecule has 0 heterocycles. The Bertz CT molecular complexity index is 394. The lowest BCUT2D eigenvalue weighted by Crippen LogP contribution is -2.33.